The highest BCUT2D eigenvalue weighted by atomic mass is 16.6. The van der Waals surface area contributed by atoms with Crippen molar-refractivity contribution >= 4 is 17.6 Å². The minimum atomic E-state index is -0.710. The summed E-state index contributed by atoms with van der Waals surface area (Å²) >= 11 is 0. The molecular weight excluding hydrogens is 500 g/mol. The highest BCUT2D eigenvalue weighted by Crippen LogP contribution is 2.44. The molecule has 0 bridgehead atoms. The lowest BCUT2D eigenvalue weighted by Gasteiger charge is -2.43. The summed E-state index contributed by atoms with van der Waals surface area (Å²) in [5.41, 5.74) is 2.53. The smallest absolute Gasteiger partial charge is 0.242 e. The standard InChI is InChI=1S/C29H40N4O6/c1-18(30-25(34)16-33-10-12-38-13-11-33)28(36)32-23(14-19-4-7-21(37-3)8-5-19)26-22-9-6-20(22)15-24(31-26)27(35)29(2)17-39-29/h4-5,7-8,18,20,23-24,31H,6,9-17H2,1-3H3,(H,30,34)(H,32,36)/t18-,20?,23-,24-,29+/m0/s1. The van der Waals surface area contributed by atoms with Gasteiger partial charge >= 0.3 is 0 Å². The number of ketones is 1. The van der Waals surface area contributed by atoms with Gasteiger partial charge in [-0.3, -0.25) is 19.3 Å². The molecule has 0 radical (unpaired) electrons. The molecule has 2 amide bonds. The van der Waals surface area contributed by atoms with E-state index in [1.807, 2.05) is 36.1 Å². The average Bonchev–Trinajstić information content (AvgIpc) is 3.67. The lowest BCUT2D eigenvalue weighted by Crippen LogP contribution is -2.56. The number of hydrogen-bond donors (Lipinski definition) is 3. The summed E-state index contributed by atoms with van der Waals surface area (Å²) in [6.45, 7) is 6.85. The first-order valence-corrected chi connectivity index (χ1v) is 14.0. The number of epoxide rings is 1. The summed E-state index contributed by atoms with van der Waals surface area (Å²) < 4.78 is 16.1. The van der Waals surface area contributed by atoms with Gasteiger partial charge < -0.3 is 30.2 Å². The van der Waals surface area contributed by atoms with E-state index in [9.17, 15) is 14.4 Å². The van der Waals surface area contributed by atoms with E-state index in [2.05, 4.69) is 16.0 Å². The Hall–Kier alpha value is -2.95. The molecule has 3 N–H and O–H groups in total. The molecule has 1 saturated carbocycles. The molecule has 1 aliphatic carbocycles. The molecule has 1 aromatic rings. The minimum Gasteiger partial charge on any atom is -0.497 e. The first kappa shape index (κ1) is 27.6. The zero-order valence-electron chi connectivity index (χ0n) is 23.1. The zero-order valence-corrected chi connectivity index (χ0v) is 23.1. The molecule has 0 aromatic heterocycles. The summed E-state index contributed by atoms with van der Waals surface area (Å²) in [4.78, 5) is 41.2. The van der Waals surface area contributed by atoms with Crippen LogP contribution in [-0.2, 0) is 30.3 Å². The fourth-order valence-electron chi connectivity index (χ4n) is 5.68. The fraction of sp³-hybridized carbons (Fsp3) is 0.621. The van der Waals surface area contributed by atoms with Gasteiger partial charge in [0.25, 0.3) is 0 Å². The Kier molecular flexibility index (Phi) is 8.25. The summed E-state index contributed by atoms with van der Waals surface area (Å²) in [7, 11) is 1.63. The van der Waals surface area contributed by atoms with Crippen LogP contribution >= 0.6 is 0 Å². The van der Waals surface area contributed by atoms with Crippen molar-refractivity contribution in [3.05, 3.63) is 41.1 Å². The second-order valence-electron chi connectivity index (χ2n) is 11.3. The normalized spacial score (nSPS) is 27.8. The maximum atomic E-state index is 13.4. The third kappa shape index (κ3) is 6.45. The predicted octanol–water partition coefficient (Wildman–Crippen LogP) is 0.943. The molecule has 1 aromatic carbocycles. The Labute approximate surface area is 229 Å². The highest BCUT2D eigenvalue weighted by Gasteiger charge is 2.52. The van der Waals surface area contributed by atoms with Crippen molar-refractivity contribution in [2.45, 2.75) is 63.3 Å². The Morgan fingerprint density at radius 2 is 1.90 bits per heavy atom. The molecule has 5 atom stereocenters. The van der Waals surface area contributed by atoms with Crippen LogP contribution in [0.3, 0.4) is 0 Å². The highest BCUT2D eigenvalue weighted by molar-refractivity contribution is 5.94. The van der Waals surface area contributed by atoms with E-state index in [4.69, 9.17) is 14.2 Å². The third-order valence-corrected chi connectivity index (χ3v) is 8.37. The average molecular weight is 541 g/mol. The van der Waals surface area contributed by atoms with Crippen LogP contribution in [0.4, 0.5) is 0 Å². The van der Waals surface area contributed by atoms with E-state index in [0.29, 0.717) is 45.2 Å². The van der Waals surface area contributed by atoms with Gasteiger partial charge in [0.1, 0.15) is 17.4 Å². The molecule has 3 aliphatic heterocycles. The number of morpholine rings is 1. The molecule has 0 spiro atoms. The fourth-order valence-corrected chi connectivity index (χ4v) is 5.68. The quantitative estimate of drug-likeness (QED) is 0.355. The number of carbonyl (C=O) groups excluding carboxylic acids is 3. The number of nitrogens with one attached hydrogen (secondary N) is 3. The number of allylic oxidation sites excluding steroid dienone is 1. The van der Waals surface area contributed by atoms with Gasteiger partial charge in [0, 0.05) is 18.8 Å². The molecule has 212 valence electrons. The predicted molar refractivity (Wildman–Crippen MR) is 144 cm³/mol. The summed E-state index contributed by atoms with van der Waals surface area (Å²) in [5, 5.41) is 9.55. The lowest BCUT2D eigenvalue weighted by atomic mass is 9.70. The van der Waals surface area contributed by atoms with Gasteiger partial charge in [-0.25, -0.2) is 0 Å². The number of carbonyl (C=O) groups is 3. The van der Waals surface area contributed by atoms with Crippen LogP contribution in [-0.4, -0.2) is 92.8 Å². The molecule has 1 unspecified atom stereocenters. The van der Waals surface area contributed by atoms with Gasteiger partial charge in [-0.05, 0) is 68.7 Å². The van der Waals surface area contributed by atoms with Crippen LogP contribution < -0.4 is 20.7 Å². The van der Waals surface area contributed by atoms with Gasteiger partial charge in [0.2, 0.25) is 11.8 Å². The largest absolute Gasteiger partial charge is 0.497 e. The van der Waals surface area contributed by atoms with Crippen molar-refractivity contribution in [2.24, 2.45) is 5.92 Å². The van der Waals surface area contributed by atoms with E-state index in [0.717, 1.165) is 36.3 Å². The first-order chi connectivity index (χ1) is 18.8. The number of Topliss-reactive ketones (excluding diaryl/α,β-unsaturated/α-hetero) is 1. The van der Waals surface area contributed by atoms with E-state index >= 15 is 0 Å². The Morgan fingerprint density at radius 3 is 2.51 bits per heavy atom. The maximum absolute atomic E-state index is 13.4. The van der Waals surface area contributed by atoms with Crippen molar-refractivity contribution < 1.29 is 28.6 Å². The molecule has 3 fully saturated rings. The van der Waals surface area contributed by atoms with E-state index < -0.39 is 11.6 Å². The number of fused-ring (bicyclic) bond motifs is 1. The summed E-state index contributed by atoms with van der Waals surface area (Å²) in [6, 6.07) is 6.35. The second kappa shape index (κ2) is 11.7. The number of nitrogens with zero attached hydrogens (tertiary/aromatic N) is 1. The van der Waals surface area contributed by atoms with Crippen molar-refractivity contribution in [3.8, 4) is 5.75 Å². The number of methoxy groups -OCH3 is 1. The molecule has 10 nitrogen and oxygen atoms in total. The first-order valence-electron chi connectivity index (χ1n) is 14.0. The third-order valence-electron chi connectivity index (χ3n) is 8.37. The molecule has 10 heteroatoms. The minimum absolute atomic E-state index is 0.0734. The van der Waals surface area contributed by atoms with E-state index in [1.54, 1.807) is 14.0 Å². The monoisotopic (exact) mass is 540 g/mol. The SMILES string of the molecule is COc1ccc(C[C@H](NC(=O)[C@H](C)NC(=O)CN2CCOCC2)C2=C3CCC3C[C@@H](C(=O)[C@@]3(C)CO3)N2)cc1. The van der Waals surface area contributed by atoms with E-state index in [1.165, 1.54) is 5.57 Å². The van der Waals surface area contributed by atoms with Gasteiger partial charge in [0.05, 0.1) is 45.6 Å². The number of ether oxygens (including phenoxy) is 3. The Morgan fingerprint density at radius 1 is 1.18 bits per heavy atom. The Bertz CT molecular complexity index is 1110. The van der Waals surface area contributed by atoms with Crippen LogP contribution in [0, 0.1) is 5.92 Å². The summed E-state index contributed by atoms with van der Waals surface area (Å²) in [5.74, 6) is 0.714. The molecule has 39 heavy (non-hydrogen) atoms. The number of rotatable bonds is 11. The lowest BCUT2D eigenvalue weighted by molar-refractivity contribution is -0.130. The van der Waals surface area contributed by atoms with Gasteiger partial charge in [-0.15, -0.1) is 0 Å². The van der Waals surface area contributed by atoms with Crippen LogP contribution in [0.2, 0.25) is 0 Å². The molecule has 3 heterocycles. The molecular formula is C29H40N4O6. The van der Waals surface area contributed by atoms with E-state index in [-0.39, 0.29) is 36.2 Å². The molecule has 2 saturated heterocycles. The van der Waals surface area contributed by atoms with Crippen LogP contribution in [0.5, 0.6) is 5.75 Å². The molecule has 5 rings (SSSR count). The van der Waals surface area contributed by atoms with Gasteiger partial charge in [-0.1, -0.05) is 12.1 Å². The van der Waals surface area contributed by atoms with Crippen LogP contribution in [0.25, 0.3) is 0 Å². The number of benzene rings is 1. The molecule has 4 aliphatic rings. The number of hydrogen-bond acceptors (Lipinski definition) is 8. The van der Waals surface area contributed by atoms with Crippen molar-refractivity contribution in [2.75, 3.05) is 46.6 Å². The topological polar surface area (TPSA) is 122 Å². The van der Waals surface area contributed by atoms with Gasteiger partial charge in [0.15, 0.2) is 5.78 Å². The van der Waals surface area contributed by atoms with Crippen LogP contribution in [0.1, 0.15) is 38.7 Å². The van der Waals surface area contributed by atoms with Gasteiger partial charge in [-0.2, -0.15) is 0 Å². The second-order valence-corrected chi connectivity index (χ2v) is 11.3. The van der Waals surface area contributed by atoms with Crippen molar-refractivity contribution in [1.82, 2.24) is 20.9 Å². The maximum Gasteiger partial charge on any atom is 0.242 e. The Balaban J connectivity index is 1.30. The van der Waals surface area contributed by atoms with Crippen molar-refractivity contribution in [1.29, 1.82) is 0 Å². The van der Waals surface area contributed by atoms with Crippen molar-refractivity contribution in [3.63, 3.8) is 0 Å². The van der Waals surface area contributed by atoms with Crippen LogP contribution in [0.15, 0.2) is 35.5 Å². The summed E-state index contributed by atoms with van der Waals surface area (Å²) in [6.07, 6.45) is 3.28. The number of amides is 2. The zero-order chi connectivity index (χ0) is 27.6.